The van der Waals surface area contributed by atoms with Crippen molar-refractivity contribution >= 4 is 70.3 Å². The molecule has 0 aromatic heterocycles. The molecule has 0 aliphatic carbocycles. The summed E-state index contributed by atoms with van der Waals surface area (Å²) in [5, 5.41) is 6.23. The van der Waals surface area contributed by atoms with Crippen LogP contribution < -0.4 is 43.1 Å². The van der Waals surface area contributed by atoms with E-state index < -0.39 is 19.6 Å². The molecule has 0 atom stereocenters. The van der Waals surface area contributed by atoms with Crippen molar-refractivity contribution in [3.8, 4) is 0 Å². The molecule has 0 amide bonds. The van der Waals surface area contributed by atoms with Crippen LogP contribution in [0.2, 0.25) is 0 Å². The second kappa shape index (κ2) is 16.6. The Bertz CT molecular complexity index is 2160. The minimum Gasteiger partial charge on any atom is -0.195 e. The van der Waals surface area contributed by atoms with Gasteiger partial charge >= 0.3 is 0 Å². The van der Waals surface area contributed by atoms with Gasteiger partial charge in [-0.1, -0.05) is 218 Å². The molecule has 4 heteroatoms. The topological polar surface area (TPSA) is 0 Å². The first kappa shape index (κ1) is 36.0. The van der Waals surface area contributed by atoms with E-state index in [2.05, 4.69) is 243 Å². The summed E-state index contributed by atoms with van der Waals surface area (Å²) in [6.45, 7) is -2.96. The monoisotopic (exact) mass is 748 g/mol. The van der Waals surface area contributed by atoms with Crippen LogP contribution in [0.15, 0.2) is 243 Å². The van der Waals surface area contributed by atoms with Crippen LogP contribution in [-0.4, -0.2) is 18.5 Å². The van der Waals surface area contributed by atoms with E-state index in [4.69, 9.17) is 0 Å². The average molecular weight is 749 g/mol. The Hall–Kier alpha value is -5.02. The van der Waals surface area contributed by atoms with Gasteiger partial charge in [0.15, 0.2) is 0 Å². The molecule has 0 unspecified atom stereocenters. The standard InChI is InChI=1S/C26H24P3.C24H20B/c1-5-13-23(14-6-1)28(24-15-7-2-8-16-24)21-22-29(27-28,25-17-9-3-10-18-25)26-19-11-4-12-20-26;1-5-13-21(14-6-1)25(22-15-7-2-8-16-22,23-17-9-3-10-18-23)24-19-11-4-12-20-24/h1-20H,21-22H2;1-20H/q+1;-1. The number of hydrogen-bond donors (Lipinski definition) is 0. The third kappa shape index (κ3) is 6.90. The van der Waals surface area contributed by atoms with Crippen molar-refractivity contribution in [2.75, 3.05) is 12.3 Å². The zero-order chi connectivity index (χ0) is 36.5. The number of hydrogen-bond acceptors (Lipinski definition) is 0. The summed E-state index contributed by atoms with van der Waals surface area (Å²) >= 11 is 0. The lowest BCUT2D eigenvalue weighted by Gasteiger charge is -2.44. The van der Waals surface area contributed by atoms with Crippen molar-refractivity contribution in [2.45, 2.75) is 0 Å². The minimum absolute atomic E-state index is 1.22. The van der Waals surface area contributed by atoms with Crippen molar-refractivity contribution in [1.82, 2.24) is 0 Å². The average Bonchev–Trinajstić information content (AvgIpc) is 3.70. The van der Waals surface area contributed by atoms with E-state index in [0.29, 0.717) is 0 Å². The molecule has 8 aromatic carbocycles. The summed E-state index contributed by atoms with van der Waals surface area (Å²) < 4.78 is 0. The lowest BCUT2D eigenvalue weighted by molar-refractivity contribution is 1.51. The van der Waals surface area contributed by atoms with E-state index in [1.54, 1.807) is 28.8 Å². The number of rotatable bonds is 8. The van der Waals surface area contributed by atoms with Gasteiger partial charge in [-0.2, -0.15) is 21.9 Å². The molecule has 1 aliphatic heterocycles. The smallest absolute Gasteiger partial charge is 0.129 e. The van der Waals surface area contributed by atoms with Gasteiger partial charge in [-0.25, -0.2) is 0 Å². The quantitative estimate of drug-likeness (QED) is 0.108. The maximum atomic E-state index is 2.38. The summed E-state index contributed by atoms with van der Waals surface area (Å²) in [5.74, 6) is 0. The maximum absolute atomic E-state index is 2.38. The van der Waals surface area contributed by atoms with E-state index in [-0.39, 0.29) is 0 Å². The van der Waals surface area contributed by atoms with Crippen LogP contribution in [0, 0.1) is 0 Å². The first-order valence-electron chi connectivity index (χ1n) is 18.9. The zero-order valence-corrected chi connectivity index (χ0v) is 33.1. The molecule has 0 spiro atoms. The molecule has 0 nitrogen and oxygen atoms in total. The molecular weight excluding hydrogens is 704 g/mol. The van der Waals surface area contributed by atoms with Gasteiger partial charge in [0.2, 0.25) is 0 Å². The van der Waals surface area contributed by atoms with Crippen molar-refractivity contribution in [3.63, 3.8) is 0 Å². The van der Waals surface area contributed by atoms with Crippen molar-refractivity contribution in [1.29, 1.82) is 0 Å². The van der Waals surface area contributed by atoms with Crippen LogP contribution in [0.1, 0.15) is 0 Å². The fourth-order valence-electron chi connectivity index (χ4n) is 8.48. The molecule has 9 rings (SSSR count). The predicted octanol–water partition coefficient (Wildman–Crippen LogP) is 9.18. The molecule has 0 saturated carbocycles. The van der Waals surface area contributed by atoms with Gasteiger partial charge in [0.1, 0.15) is 31.3 Å². The molecule has 0 fully saturated rings. The Morgan fingerprint density at radius 3 is 0.889 bits per heavy atom. The highest BCUT2D eigenvalue weighted by Gasteiger charge is 2.51. The third-order valence-electron chi connectivity index (χ3n) is 11.0. The van der Waals surface area contributed by atoms with Gasteiger partial charge in [0.25, 0.3) is 0 Å². The van der Waals surface area contributed by atoms with Gasteiger partial charge in [-0.05, 0) is 34.9 Å². The number of benzene rings is 8. The van der Waals surface area contributed by atoms with Crippen LogP contribution in [0.4, 0.5) is 0 Å². The normalized spacial score (nSPS) is 14.5. The van der Waals surface area contributed by atoms with Gasteiger partial charge in [-0.15, -0.1) is 0 Å². The van der Waals surface area contributed by atoms with Crippen LogP contribution in [0.3, 0.4) is 0 Å². The van der Waals surface area contributed by atoms with E-state index in [1.165, 1.54) is 34.2 Å². The van der Waals surface area contributed by atoms with Crippen molar-refractivity contribution in [3.05, 3.63) is 243 Å². The summed E-state index contributed by atoms with van der Waals surface area (Å²) in [5.41, 5.74) is 5.36. The van der Waals surface area contributed by atoms with E-state index in [9.17, 15) is 0 Å². The Morgan fingerprint density at radius 2 is 0.593 bits per heavy atom. The second-order valence-electron chi connectivity index (χ2n) is 13.9. The van der Waals surface area contributed by atoms with E-state index >= 15 is 0 Å². The van der Waals surface area contributed by atoms with E-state index in [0.717, 1.165) is 0 Å². The van der Waals surface area contributed by atoms with Gasteiger partial charge < -0.3 is 0 Å². The fourth-order valence-corrected chi connectivity index (χ4v) is 32.8. The third-order valence-corrected chi connectivity index (χ3v) is 29.6. The first-order valence-corrected chi connectivity index (χ1v) is 25.1. The summed E-state index contributed by atoms with van der Waals surface area (Å²) in [6, 6.07) is 88.9. The summed E-state index contributed by atoms with van der Waals surface area (Å²) in [7, 11) is 1.65. The summed E-state index contributed by atoms with van der Waals surface area (Å²) in [4.78, 5) is 0. The highest BCUT2D eigenvalue weighted by molar-refractivity contribution is 8.54. The lowest BCUT2D eigenvalue weighted by Crippen LogP contribution is -2.74. The lowest BCUT2D eigenvalue weighted by atomic mass is 9.13. The van der Waals surface area contributed by atoms with Crippen molar-refractivity contribution in [2.24, 2.45) is 0 Å². The Kier molecular flexibility index (Phi) is 11.0. The van der Waals surface area contributed by atoms with Crippen LogP contribution in [0.25, 0.3) is 0 Å². The molecule has 0 bridgehead atoms. The van der Waals surface area contributed by atoms with Gasteiger partial charge in [0.05, 0.1) is 6.16 Å². The molecule has 0 N–H and O–H groups in total. The van der Waals surface area contributed by atoms with Gasteiger partial charge in [0, 0.05) is 12.7 Å². The second-order valence-corrected chi connectivity index (χ2v) is 26.4. The zero-order valence-electron chi connectivity index (χ0n) is 30.4. The molecule has 0 saturated heterocycles. The molecule has 1 aliphatic rings. The molecule has 8 aromatic rings. The summed E-state index contributed by atoms with van der Waals surface area (Å²) in [6.07, 6.45) is 1.37. The SMILES string of the molecule is c1ccc(P2(c3ccccc3)=P[P+](c3ccccc3)(c3ccccc3)CC2)cc1.c1ccc([B-](c2ccccc2)(c2ccccc2)c2ccccc2)cc1. The predicted molar refractivity (Wildman–Crippen MR) is 245 cm³/mol. The molecule has 262 valence electrons. The largest absolute Gasteiger partial charge is 0.195 e. The van der Waals surface area contributed by atoms with E-state index in [1.807, 2.05) is 0 Å². The highest BCUT2D eigenvalue weighted by Crippen LogP contribution is 2.83. The maximum Gasteiger partial charge on any atom is 0.129 e. The Balaban J connectivity index is 0.000000155. The highest BCUT2D eigenvalue weighted by atomic mass is 32.3. The molecule has 54 heavy (non-hydrogen) atoms. The van der Waals surface area contributed by atoms with Crippen LogP contribution in [-0.2, 0) is 0 Å². The van der Waals surface area contributed by atoms with Gasteiger partial charge in [-0.3, -0.25) is 0 Å². The molecular formula is C50H44BP3. The van der Waals surface area contributed by atoms with Crippen LogP contribution in [0.5, 0.6) is 0 Å². The Labute approximate surface area is 323 Å². The van der Waals surface area contributed by atoms with Crippen molar-refractivity contribution < 1.29 is 0 Å². The fraction of sp³-hybridized carbons (Fsp3) is 0.0400. The molecule has 1 heterocycles. The Morgan fingerprint density at radius 1 is 0.333 bits per heavy atom. The first-order chi connectivity index (χ1) is 26.8. The molecule has 0 radical (unpaired) electrons. The van der Waals surface area contributed by atoms with Crippen LogP contribution >= 0.6 is 21.1 Å². The minimum atomic E-state index is -1.48.